The van der Waals surface area contributed by atoms with Crippen LogP contribution >= 0.6 is 16.5 Å². The fraction of sp³-hybridized carbons (Fsp3) is 0.333. The molecular formula is C3H9NO5P2+2. The molecule has 0 amide bonds. The quantitative estimate of drug-likeness (QED) is 0.451. The Morgan fingerprint density at radius 1 is 1.45 bits per heavy atom. The smallest absolute Gasteiger partial charge is 0.327 e. The first-order valence-electron chi connectivity index (χ1n) is 2.36. The average Bonchev–Trinajstić information content (AvgIpc) is 1.85. The predicted octanol–water partition coefficient (Wildman–Crippen LogP) is 0.433. The largest absolute Gasteiger partial charge is 0.745 e. The molecule has 0 fully saturated rings. The highest BCUT2D eigenvalue weighted by Crippen LogP contribution is 2.30. The summed E-state index contributed by atoms with van der Waals surface area (Å²) in [5, 5.41) is 0. The van der Waals surface area contributed by atoms with E-state index in [9.17, 15) is 9.13 Å². The molecule has 8 heteroatoms. The highest BCUT2D eigenvalue weighted by atomic mass is 31.2. The topological polar surface area (TPSA) is 110 Å². The van der Waals surface area contributed by atoms with Gasteiger partial charge in [-0.15, -0.1) is 16.4 Å². The summed E-state index contributed by atoms with van der Waals surface area (Å²) < 4.78 is 22.2. The molecule has 0 aliphatic carbocycles. The molecular weight excluding hydrogens is 192 g/mol. The van der Waals surface area contributed by atoms with Gasteiger partial charge >= 0.3 is 16.5 Å². The summed E-state index contributed by atoms with van der Waals surface area (Å²) in [5.74, 6) is 0. The van der Waals surface area contributed by atoms with E-state index in [1.807, 2.05) is 0 Å². The van der Waals surface area contributed by atoms with Crippen molar-refractivity contribution in [3.05, 3.63) is 12.7 Å². The fourth-order valence-electron chi connectivity index (χ4n) is 0.0598. The third-order valence-electron chi connectivity index (χ3n) is 0.306. The minimum atomic E-state index is -2.92. The van der Waals surface area contributed by atoms with Gasteiger partial charge in [0.2, 0.25) is 0 Å². The van der Waals surface area contributed by atoms with Crippen LogP contribution in [0.25, 0.3) is 0 Å². The third kappa shape index (κ3) is 25.9. The van der Waals surface area contributed by atoms with Gasteiger partial charge in [-0.25, -0.2) is 0 Å². The molecule has 0 aliphatic heterocycles. The summed E-state index contributed by atoms with van der Waals surface area (Å²) in [5.41, 5.74) is 4.91. The van der Waals surface area contributed by atoms with E-state index in [-0.39, 0.29) is 0 Å². The zero-order valence-electron chi connectivity index (χ0n) is 5.58. The van der Waals surface area contributed by atoms with Crippen molar-refractivity contribution < 1.29 is 23.2 Å². The lowest BCUT2D eigenvalue weighted by molar-refractivity contribution is 0.371. The van der Waals surface area contributed by atoms with Crippen LogP contribution in [0.15, 0.2) is 12.7 Å². The Bertz CT molecular complexity index is 137. The molecule has 0 aliphatic rings. The van der Waals surface area contributed by atoms with E-state index in [0.717, 1.165) is 0 Å². The van der Waals surface area contributed by atoms with Crippen molar-refractivity contribution in [1.29, 1.82) is 0 Å². The first-order valence-corrected chi connectivity index (χ1v) is 4.62. The zero-order valence-corrected chi connectivity index (χ0v) is 7.37. The summed E-state index contributed by atoms with van der Waals surface area (Å²) in [6.07, 6.45) is 1.65. The summed E-state index contributed by atoms with van der Waals surface area (Å²) in [7, 11) is -5.85. The summed E-state index contributed by atoms with van der Waals surface area (Å²) >= 11 is 0. The van der Waals surface area contributed by atoms with Crippen molar-refractivity contribution in [1.82, 2.24) is 0 Å². The predicted molar refractivity (Wildman–Crippen MR) is 40.0 cm³/mol. The summed E-state index contributed by atoms with van der Waals surface area (Å²) in [6.45, 7) is 3.94. The van der Waals surface area contributed by atoms with Crippen LogP contribution in [0, 0.1) is 0 Å². The highest BCUT2D eigenvalue weighted by Gasteiger charge is 2.31. The Balaban J connectivity index is 0. The molecule has 0 saturated heterocycles. The summed E-state index contributed by atoms with van der Waals surface area (Å²) in [4.78, 5) is 15.3. The van der Waals surface area contributed by atoms with Crippen molar-refractivity contribution in [2.24, 2.45) is 5.73 Å². The second-order valence-corrected chi connectivity index (χ2v) is 2.69. The number of nitrogens with two attached hydrogens (primary N) is 1. The Labute approximate surface area is 65.6 Å². The summed E-state index contributed by atoms with van der Waals surface area (Å²) in [6, 6.07) is 0. The van der Waals surface area contributed by atoms with Gasteiger partial charge in [-0.05, 0) is 0 Å². The van der Waals surface area contributed by atoms with Gasteiger partial charge < -0.3 is 5.73 Å². The molecule has 0 radical (unpaired) electrons. The lowest BCUT2D eigenvalue weighted by Gasteiger charge is -1.61. The second kappa shape index (κ2) is 9.78. The molecule has 4 N–H and O–H groups in total. The minimum absolute atomic E-state index is 0.583. The second-order valence-electron chi connectivity index (χ2n) is 1.08. The maximum atomic E-state index is 9.39. The number of hydrogen-bond donors (Lipinski definition) is 3. The monoisotopic (exact) mass is 201 g/mol. The van der Waals surface area contributed by atoms with E-state index in [1.165, 1.54) is 0 Å². The van der Waals surface area contributed by atoms with Crippen molar-refractivity contribution >= 4 is 16.5 Å². The van der Waals surface area contributed by atoms with Crippen LogP contribution in [0.4, 0.5) is 0 Å². The van der Waals surface area contributed by atoms with Gasteiger partial charge in [-0.2, -0.15) is 0 Å². The standard InChI is InChI=1S/C3H7N.O5P2/c1-2-3-4;1-6(2)5-7(3)4/h2H,1,3-4H2;/p+2. The van der Waals surface area contributed by atoms with Gasteiger partial charge in [0.1, 0.15) is 0 Å². The SMILES string of the molecule is C=CCN.O=[P+](O)O[P+](=O)O. The van der Waals surface area contributed by atoms with Crippen molar-refractivity contribution in [2.75, 3.05) is 6.54 Å². The first kappa shape index (κ1) is 13.4. The molecule has 64 valence electrons. The molecule has 0 aromatic heterocycles. The molecule has 2 unspecified atom stereocenters. The molecule has 0 aromatic rings. The minimum Gasteiger partial charge on any atom is -0.327 e. The van der Waals surface area contributed by atoms with E-state index < -0.39 is 16.5 Å². The molecule has 0 rings (SSSR count). The van der Waals surface area contributed by atoms with Crippen LogP contribution in [0.5, 0.6) is 0 Å². The molecule has 0 heterocycles. The zero-order chi connectivity index (χ0) is 9.28. The van der Waals surface area contributed by atoms with E-state index in [4.69, 9.17) is 15.5 Å². The van der Waals surface area contributed by atoms with Crippen molar-refractivity contribution in [3.8, 4) is 0 Å². The molecule has 0 bridgehead atoms. The van der Waals surface area contributed by atoms with E-state index in [2.05, 4.69) is 10.9 Å². The lowest BCUT2D eigenvalue weighted by Crippen LogP contribution is -1.90. The van der Waals surface area contributed by atoms with Crippen LogP contribution in [-0.4, -0.2) is 16.3 Å². The Hall–Kier alpha value is -0.220. The Kier molecular flexibility index (Phi) is 11.9. The average molecular weight is 201 g/mol. The molecule has 6 nitrogen and oxygen atoms in total. The Morgan fingerprint density at radius 3 is 1.73 bits per heavy atom. The van der Waals surface area contributed by atoms with Gasteiger partial charge in [-0.1, -0.05) is 6.08 Å². The third-order valence-corrected chi connectivity index (χ3v) is 1.42. The highest BCUT2D eigenvalue weighted by molar-refractivity contribution is 7.46. The van der Waals surface area contributed by atoms with Gasteiger partial charge in [0, 0.05) is 15.7 Å². The maximum Gasteiger partial charge on any atom is 0.745 e. The van der Waals surface area contributed by atoms with Crippen LogP contribution < -0.4 is 5.73 Å². The fourth-order valence-corrected chi connectivity index (χ4v) is 0.538. The van der Waals surface area contributed by atoms with Crippen LogP contribution in [0.3, 0.4) is 0 Å². The van der Waals surface area contributed by atoms with E-state index in [0.29, 0.717) is 6.54 Å². The van der Waals surface area contributed by atoms with Gasteiger partial charge in [-0.3, -0.25) is 0 Å². The molecule has 0 spiro atoms. The first-order chi connectivity index (χ1) is 5.04. The normalized spacial score (nSPS) is 10.8. The number of hydrogen-bond acceptors (Lipinski definition) is 4. The molecule has 2 atom stereocenters. The van der Waals surface area contributed by atoms with Crippen molar-refractivity contribution in [2.45, 2.75) is 0 Å². The Morgan fingerprint density at radius 2 is 1.73 bits per heavy atom. The van der Waals surface area contributed by atoms with E-state index >= 15 is 0 Å². The van der Waals surface area contributed by atoms with Crippen LogP contribution in [0.1, 0.15) is 0 Å². The lowest BCUT2D eigenvalue weighted by atomic mass is 10.7. The van der Waals surface area contributed by atoms with Crippen molar-refractivity contribution in [3.63, 3.8) is 0 Å². The van der Waals surface area contributed by atoms with Gasteiger partial charge in [0.25, 0.3) is 0 Å². The maximum absolute atomic E-state index is 9.39. The van der Waals surface area contributed by atoms with Gasteiger partial charge in [0.05, 0.1) is 0 Å². The van der Waals surface area contributed by atoms with Crippen LogP contribution in [-0.2, 0) is 13.4 Å². The molecule has 11 heavy (non-hydrogen) atoms. The number of rotatable bonds is 3. The molecule has 0 aromatic carbocycles. The van der Waals surface area contributed by atoms with E-state index in [1.54, 1.807) is 6.08 Å². The molecule has 0 saturated carbocycles. The van der Waals surface area contributed by atoms with Crippen LogP contribution in [0.2, 0.25) is 0 Å². The van der Waals surface area contributed by atoms with Gasteiger partial charge in [0.15, 0.2) is 4.31 Å².